The van der Waals surface area contributed by atoms with Gasteiger partial charge in [0.1, 0.15) is 0 Å². The molecule has 0 aromatic heterocycles. The van der Waals surface area contributed by atoms with E-state index >= 15 is 0 Å². The molecule has 1 fully saturated rings. The third kappa shape index (κ3) is 1.72. The Morgan fingerprint density at radius 2 is 1.94 bits per heavy atom. The van der Waals surface area contributed by atoms with E-state index in [9.17, 15) is 9.59 Å². The summed E-state index contributed by atoms with van der Waals surface area (Å²) >= 11 is 0. The van der Waals surface area contributed by atoms with E-state index in [2.05, 4.69) is 5.32 Å². The number of nitrogens with one attached hydrogen (secondary N) is 1. The number of aliphatic carboxylic acids is 1. The number of fused-ring (bicyclic) bond motifs is 2. The quantitative estimate of drug-likeness (QED) is 0.700. The smallest absolute Gasteiger partial charge is 0.307 e. The number of carboxylic acids is 1. The summed E-state index contributed by atoms with van der Waals surface area (Å²) in [6.45, 7) is 2.61. The van der Waals surface area contributed by atoms with Crippen molar-refractivity contribution in [1.82, 2.24) is 5.32 Å². The van der Waals surface area contributed by atoms with Crippen molar-refractivity contribution in [3.05, 3.63) is 12.2 Å². The summed E-state index contributed by atoms with van der Waals surface area (Å²) < 4.78 is 0. The van der Waals surface area contributed by atoms with Crippen LogP contribution >= 0.6 is 0 Å². The molecule has 2 rings (SSSR count). The summed E-state index contributed by atoms with van der Waals surface area (Å²) in [6.07, 6.45) is 5.65. The molecular formula is C12H17NO3. The average molecular weight is 223 g/mol. The number of allylic oxidation sites excluding steroid dienone is 2. The van der Waals surface area contributed by atoms with Gasteiger partial charge >= 0.3 is 5.97 Å². The van der Waals surface area contributed by atoms with Gasteiger partial charge in [-0.05, 0) is 24.7 Å². The number of hydrogen-bond donors (Lipinski definition) is 2. The first-order valence-electron chi connectivity index (χ1n) is 5.84. The lowest BCUT2D eigenvalue weighted by Gasteiger charge is -2.23. The summed E-state index contributed by atoms with van der Waals surface area (Å²) in [7, 11) is 0. The fourth-order valence-corrected chi connectivity index (χ4v) is 2.88. The van der Waals surface area contributed by atoms with Crippen LogP contribution in [0.4, 0.5) is 0 Å². The molecule has 4 heteroatoms. The molecule has 4 nitrogen and oxygen atoms in total. The fourth-order valence-electron chi connectivity index (χ4n) is 2.88. The van der Waals surface area contributed by atoms with Crippen molar-refractivity contribution in [2.75, 3.05) is 6.54 Å². The van der Waals surface area contributed by atoms with Crippen molar-refractivity contribution in [3.63, 3.8) is 0 Å². The lowest BCUT2D eigenvalue weighted by Crippen LogP contribution is -2.40. The maximum atomic E-state index is 11.9. The lowest BCUT2D eigenvalue weighted by molar-refractivity contribution is -0.147. The van der Waals surface area contributed by atoms with E-state index < -0.39 is 11.9 Å². The zero-order valence-corrected chi connectivity index (χ0v) is 9.35. The van der Waals surface area contributed by atoms with E-state index in [1.807, 2.05) is 19.1 Å². The normalized spacial score (nSPS) is 35.3. The van der Waals surface area contributed by atoms with Gasteiger partial charge in [0, 0.05) is 6.54 Å². The molecule has 16 heavy (non-hydrogen) atoms. The van der Waals surface area contributed by atoms with Crippen LogP contribution in [0.25, 0.3) is 0 Å². The Kier molecular flexibility index (Phi) is 2.99. The van der Waals surface area contributed by atoms with Gasteiger partial charge in [-0.15, -0.1) is 0 Å². The van der Waals surface area contributed by atoms with E-state index in [1.165, 1.54) is 0 Å². The van der Waals surface area contributed by atoms with E-state index in [0.717, 1.165) is 12.8 Å². The van der Waals surface area contributed by atoms with Crippen molar-refractivity contribution in [2.24, 2.45) is 23.7 Å². The van der Waals surface area contributed by atoms with Crippen LogP contribution in [0.1, 0.15) is 19.8 Å². The highest BCUT2D eigenvalue weighted by molar-refractivity contribution is 5.86. The zero-order chi connectivity index (χ0) is 11.7. The zero-order valence-electron chi connectivity index (χ0n) is 9.35. The minimum absolute atomic E-state index is 0.0554. The van der Waals surface area contributed by atoms with E-state index in [4.69, 9.17) is 5.11 Å². The van der Waals surface area contributed by atoms with Crippen LogP contribution in [0.15, 0.2) is 12.2 Å². The average Bonchev–Trinajstić information content (AvgIpc) is 2.84. The minimum atomic E-state index is -0.839. The van der Waals surface area contributed by atoms with Crippen LogP contribution in [0.3, 0.4) is 0 Å². The topological polar surface area (TPSA) is 66.4 Å². The third-order valence-corrected chi connectivity index (χ3v) is 3.60. The van der Waals surface area contributed by atoms with Gasteiger partial charge in [0.05, 0.1) is 11.8 Å². The van der Waals surface area contributed by atoms with Gasteiger partial charge < -0.3 is 10.4 Å². The van der Waals surface area contributed by atoms with Crippen LogP contribution in [0, 0.1) is 23.7 Å². The van der Waals surface area contributed by atoms with Gasteiger partial charge in [-0.25, -0.2) is 0 Å². The molecule has 2 bridgehead atoms. The minimum Gasteiger partial charge on any atom is -0.481 e. The summed E-state index contributed by atoms with van der Waals surface area (Å²) in [4.78, 5) is 23.1. The van der Waals surface area contributed by atoms with Crippen molar-refractivity contribution >= 4 is 11.9 Å². The Hall–Kier alpha value is -1.32. The fraction of sp³-hybridized carbons (Fsp3) is 0.667. The van der Waals surface area contributed by atoms with Gasteiger partial charge in [0.15, 0.2) is 0 Å². The lowest BCUT2D eigenvalue weighted by atomic mass is 9.82. The van der Waals surface area contributed by atoms with Gasteiger partial charge in [-0.2, -0.15) is 0 Å². The molecule has 88 valence electrons. The molecule has 0 saturated heterocycles. The summed E-state index contributed by atoms with van der Waals surface area (Å²) in [5.74, 6) is -1.63. The molecule has 0 radical (unpaired) electrons. The molecule has 1 amide bonds. The van der Waals surface area contributed by atoms with Crippen molar-refractivity contribution in [1.29, 1.82) is 0 Å². The van der Waals surface area contributed by atoms with Gasteiger partial charge in [-0.1, -0.05) is 19.1 Å². The van der Waals surface area contributed by atoms with Gasteiger partial charge in [-0.3, -0.25) is 9.59 Å². The van der Waals surface area contributed by atoms with E-state index in [-0.39, 0.29) is 23.7 Å². The number of carbonyl (C=O) groups is 2. The van der Waals surface area contributed by atoms with E-state index in [1.54, 1.807) is 0 Å². The predicted octanol–water partition coefficient (Wildman–Crippen LogP) is 1.04. The molecule has 0 spiro atoms. The van der Waals surface area contributed by atoms with Crippen LogP contribution in [-0.2, 0) is 9.59 Å². The van der Waals surface area contributed by atoms with Crippen molar-refractivity contribution < 1.29 is 14.7 Å². The van der Waals surface area contributed by atoms with Crippen LogP contribution < -0.4 is 5.32 Å². The predicted molar refractivity (Wildman–Crippen MR) is 58.7 cm³/mol. The highest BCUT2D eigenvalue weighted by atomic mass is 16.4. The van der Waals surface area contributed by atoms with Gasteiger partial charge in [0.2, 0.25) is 5.91 Å². The molecule has 0 unspecified atom stereocenters. The molecule has 0 aliphatic heterocycles. The molecule has 4 atom stereocenters. The number of rotatable bonds is 4. The summed E-state index contributed by atoms with van der Waals surface area (Å²) in [6, 6.07) is 0. The first-order chi connectivity index (χ1) is 7.65. The van der Waals surface area contributed by atoms with Crippen molar-refractivity contribution in [2.45, 2.75) is 19.8 Å². The summed E-state index contributed by atoms with van der Waals surface area (Å²) in [5.41, 5.74) is 0. The maximum Gasteiger partial charge on any atom is 0.307 e. The molecule has 0 heterocycles. The standard InChI is InChI=1S/C12H17NO3/c1-2-5-13-11(14)9-7-3-4-8(6-7)10(9)12(15)16/h3-4,7-10H,2,5-6H2,1H3,(H,13,14)(H,15,16)/t7-,8-,9+,10+/m0/s1. The van der Waals surface area contributed by atoms with E-state index in [0.29, 0.717) is 6.54 Å². The van der Waals surface area contributed by atoms with Gasteiger partial charge in [0.25, 0.3) is 0 Å². The Bertz CT molecular complexity index is 337. The third-order valence-electron chi connectivity index (χ3n) is 3.60. The van der Waals surface area contributed by atoms with Crippen LogP contribution in [-0.4, -0.2) is 23.5 Å². The van der Waals surface area contributed by atoms with Crippen molar-refractivity contribution in [3.8, 4) is 0 Å². The Morgan fingerprint density at radius 1 is 1.31 bits per heavy atom. The second kappa shape index (κ2) is 4.28. The molecule has 1 saturated carbocycles. The summed E-state index contributed by atoms with van der Waals surface area (Å²) in [5, 5.41) is 12.0. The Morgan fingerprint density at radius 3 is 2.50 bits per heavy atom. The monoisotopic (exact) mass is 223 g/mol. The highest BCUT2D eigenvalue weighted by Gasteiger charge is 2.51. The first-order valence-corrected chi connectivity index (χ1v) is 5.84. The maximum absolute atomic E-state index is 11.9. The number of amides is 1. The SMILES string of the molecule is CCCNC(=O)[C@H]1[C@H](C(=O)O)[C@H]2C=C[C@H]1C2. The second-order valence-corrected chi connectivity index (χ2v) is 4.63. The highest BCUT2D eigenvalue weighted by Crippen LogP contribution is 2.48. The Labute approximate surface area is 94.7 Å². The molecular weight excluding hydrogens is 206 g/mol. The number of hydrogen-bond acceptors (Lipinski definition) is 2. The van der Waals surface area contributed by atoms with Crippen LogP contribution in [0.5, 0.6) is 0 Å². The second-order valence-electron chi connectivity index (χ2n) is 4.63. The largest absolute Gasteiger partial charge is 0.481 e. The molecule has 2 aliphatic rings. The molecule has 0 aromatic carbocycles. The number of carbonyl (C=O) groups excluding carboxylic acids is 1. The molecule has 0 aromatic rings. The first kappa shape index (κ1) is 11.2. The number of carboxylic acid groups (broad SMARTS) is 1. The molecule has 2 aliphatic carbocycles. The molecule has 2 N–H and O–H groups in total. The Balaban J connectivity index is 2.10. The van der Waals surface area contributed by atoms with Crippen LogP contribution in [0.2, 0.25) is 0 Å².